The molecule has 3 atom stereocenters. The molecule has 38 heavy (non-hydrogen) atoms. The number of hydrogen-bond acceptors (Lipinski definition) is 7. The van der Waals surface area contributed by atoms with Gasteiger partial charge in [0.1, 0.15) is 5.82 Å². The summed E-state index contributed by atoms with van der Waals surface area (Å²) in [6.07, 6.45) is 5.10. The van der Waals surface area contributed by atoms with Crippen molar-refractivity contribution in [3.05, 3.63) is 46.6 Å². The number of carbonyl (C=O) groups excluding carboxylic acids is 2. The Hall–Kier alpha value is -3.04. The van der Waals surface area contributed by atoms with Crippen molar-refractivity contribution < 1.29 is 9.59 Å². The highest BCUT2D eigenvalue weighted by atomic mass is 32.1. The van der Waals surface area contributed by atoms with E-state index < -0.39 is 11.8 Å². The van der Waals surface area contributed by atoms with Crippen LogP contribution in [-0.2, 0) is 16.0 Å². The number of nitrogen functional groups attached to an aromatic ring is 1. The topological polar surface area (TPSA) is 104 Å². The fraction of sp³-hybridized carbons (Fsp3) is 0.517. The minimum atomic E-state index is -0.650. The number of aromatic nitrogens is 2. The average molecular weight is 535 g/mol. The van der Waals surface area contributed by atoms with Gasteiger partial charge in [-0.15, -0.1) is 11.3 Å². The first-order chi connectivity index (χ1) is 18.1. The fourth-order valence-electron chi connectivity index (χ4n) is 5.82. The highest BCUT2D eigenvalue weighted by molar-refractivity contribution is 7.18. The Morgan fingerprint density at radius 3 is 2.71 bits per heavy atom. The van der Waals surface area contributed by atoms with E-state index in [1.807, 2.05) is 6.92 Å². The summed E-state index contributed by atoms with van der Waals surface area (Å²) in [6, 6.07) is 7.97. The summed E-state index contributed by atoms with van der Waals surface area (Å²) in [7, 11) is 2.18. The molecular formula is C29H38N6O2S. The smallest absolute Gasteiger partial charge is 0.313 e. The van der Waals surface area contributed by atoms with Gasteiger partial charge in [0.25, 0.3) is 0 Å². The monoisotopic (exact) mass is 534 g/mol. The molecule has 202 valence electrons. The summed E-state index contributed by atoms with van der Waals surface area (Å²) in [4.78, 5) is 39.8. The number of thiazole rings is 1. The molecule has 0 aliphatic carbocycles. The van der Waals surface area contributed by atoms with Gasteiger partial charge >= 0.3 is 11.8 Å². The highest BCUT2D eigenvalue weighted by Gasteiger charge is 2.38. The van der Waals surface area contributed by atoms with E-state index >= 15 is 0 Å². The van der Waals surface area contributed by atoms with E-state index in [0.717, 1.165) is 42.5 Å². The molecule has 0 radical (unpaired) electrons. The van der Waals surface area contributed by atoms with Crippen molar-refractivity contribution in [1.29, 1.82) is 0 Å². The molecule has 8 nitrogen and oxygen atoms in total. The van der Waals surface area contributed by atoms with Crippen LogP contribution < -0.4 is 11.1 Å². The number of aryl methyl sites for hydroxylation is 1. The van der Waals surface area contributed by atoms with E-state index in [-0.39, 0.29) is 11.6 Å². The third kappa shape index (κ3) is 5.14. The van der Waals surface area contributed by atoms with E-state index in [4.69, 9.17) is 10.7 Å². The Morgan fingerprint density at radius 1 is 1.21 bits per heavy atom. The number of fused-ring (bicyclic) bond motifs is 1. The number of likely N-dealkylation sites (tertiary alicyclic amines) is 2. The lowest BCUT2D eigenvalue weighted by Gasteiger charge is -2.38. The molecule has 2 aliphatic rings. The predicted molar refractivity (Wildman–Crippen MR) is 153 cm³/mol. The van der Waals surface area contributed by atoms with Gasteiger partial charge in [-0.3, -0.25) is 9.59 Å². The van der Waals surface area contributed by atoms with Gasteiger partial charge in [-0.25, -0.2) is 9.97 Å². The zero-order valence-corrected chi connectivity index (χ0v) is 23.8. The Kier molecular flexibility index (Phi) is 7.17. The molecule has 1 unspecified atom stereocenters. The number of nitrogens with one attached hydrogen (secondary N) is 1. The molecule has 2 fully saturated rings. The van der Waals surface area contributed by atoms with Crippen LogP contribution in [0.15, 0.2) is 30.5 Å². The molecule has 9 heteroatoms. The van der Waals surface area contributed by atoms with Crippen LogP contribution in [0.3, 0.4) is 0 Å². The minimum absolute atomic E-state index is 0.161. The second-order valence-corrected chi connectivity index (χ2v) is 12.7. The number of hydrogen-bond donors (Lipinski definition) is 2. The maximum atomic E-state index is 13.4. The van der Waals surface area contributed by atoms with E-state index in [1.54, 1.807) is 22.3 Å². The summed E-state index contributed by atoms with van der Waals surface area (Å²) < 4.78 is 1.17. The van der Waals surface area contributed by atoms with Crippen molar-refractivity contribution in [3.63, 3.8) is 0 Å². The normalized spacial score (nSPS) is 23.6. The van der Waals surface area contributed by atoms with Gasteiger partial charge < -0.3 is 20.9 Å². The number of nitrogens with zero attached hydrogens (tertiary/aromatic N) is 4. The Bertz CT molecular complexity index is 1370. The van der Waals surface area contributed by atoms with Crippen molar-refractivity contribution in [2.24, 2.45) is 5.92 Å². The zero-order chi connectivity index (χ0) is 27.2. The van der Waals surface area contributed by atoms with Gasteiger partial charge in [0.15, 0.2) is 0 Å². The summed E-state index contributed by atoms with van der Waals surface area (Å²) in [5.41, 5.74) is 9.40. The van der Waals surface area contributed by atoms with E-state index in [0.29, 0.717) is 36.3 Å². The van der Waals surface area contributed by atoms with Crippen LogP contribution in [0, 0.1) is 5.92 Å². The molecule has 2 aliphatic heterocycles. The van der Waals surface area contributed by atoms with E-state index in [9.17, 15) is 9.59 Å². The third-order valence-electron chi connectivity index (χ3n) is 8.35. The van der Waals surface area contributed by atoms with E-state index in [2.05, 4.69) is 61.2 Å². The predicted octanol–water partition coefficient (Wildman–Crippen LogP) is 4.97. The summed E-state index contributed by atoms with van der Waals surface area (Å²) in [6.45, 7) is 10.2. The van der Waals surface area contributed by atoms with Crippen LogP contribution >= 0.6 is 11.3 Å². The molecular weight excluding hydrogens is 496 g/mol. The van der Waals surface area contributed by atoms with Crippen molar-refractivity contribution in [1.82, 2.24) is 19.8 Å². The second kappa shape index (κ2) is 10.3. The summed E-state index contributed by atoms with van der Waals surface area (Å²) in [5, 5.41) is 3.92. The molecule has 3 aromatic rings. The Labute approximate surface area is 228 Å². The quantitative estimate of drug-likeness (QED) is 0.458. The Morgan fingerprint density at radius 2 is 2.00 bits per heavy atom. The van der Waals surface area contributed by atoms with Gasteiger partial charge in [-0.2, -0.15) is 0 Å². The van der Waals surface area contributed by atoms with Crippen LogP contribution in [0.4, 0.5) is 11.5 Å². The molecule has 1 aromatic carbocycles. The SMILES string of the molecule is CCc1cc(NC(=O)C(=O)N2C[C@@H](C)CC[C@@H]2c2ccc3sc(C4CN(C)C(C)(C)C4)nc3c2)cnc1N. The van der Waals surface area contributed by atoms with Gasteiger partial charge in [-0.05, 0) is 81.8 Å². The van der Waals surface area contributed by atoms with Crippen LogP contribution in [0.1, 0.15) is 75.1 Å². The minimum Gasteiger partial charge on any atom is -0.383 e. The molecule has 0 bridgehead atoms. The van der Waals surface area contributed by atoms with Crippen LogP contribution in [0.25, 0.3) is 10.2 Å². The number of piperidine rings is 1. The van der Waals surface area contributed by atoms with E-state index in [1.165, 1.54) is 15.9 Å². The fourth-order valence-corrected chi connectivity index (χ4v) is 6.86. The van der Waals surface area contributed by atoms with Crippen LogP contribution in [0.5, 0.6) is 0 Å². The van der Waals surface area contributed by atoms with Crippen molar-refractivity contribution in [2.45, 2.75) is 70.9 Å². The lowest BCUT2D eigenvalue weighted by Crippen LogP contribution is -2.46. The number of rotatable bonds is 4. The van der Waals surface area contributed by atoms with Crippen molar-refractivity contribution in [2.75, 3.05) is 31.2 Å². The molecule has 5 rings (SSSR count). The first-order valence-corrected chi connectivity index (χ1v) is 14.3. The van der Waals surface area contributed by atoms with Crippen LogP contribution in [-0.4, -0.2) is 57.3 Å². The lowest BCUT2D eigenvalue weighted by atomic mass is 9.89. The number of amides is 2. The maximum absolute atomic E-state index is 13.4. The van der Waals surface area contributed by atoms with Gasteiger partial charge in [0.2, 0.25) is 0 Å². The second-order valence-electron chi connectivity index (χ2n) is 11.6. The van der Waals surface area contributed by atoms with Crippen molar-refractivity contribution >= 4 is 44.9 Å². The molecule has 2 aromatic heterocycles. The first-order valence-electron chi connectivity index (χ1n) is 13.5. The molecule has 0 spiro atoms. The largest absolute Gasteiger partial charge is 0.383 e. The number of likely N-dealkylation sites (N-methyl/N-ethyl adjacent to an activating group) is 1. The van der Waals surface area contributed by atoms with Gasteiger partial charge in [0, 0.05) is 24.5 Å². The van der Waals surface area contributed by atoms with Crippen LogP contribution in [0.2, 0.25) is 0 Å². The van der Waals surface area contributed by atoms with Gasteiger partial charge in [-0.1, -0.05) is 19.9 Å². The summed E-state index contributed by atoms with van der Waals surface area (Å²) >= 11 is 1.77. The molecule has 0 saturated carbocycles. The zero-order valence-electron chi connectivity index (χ0n) is 23.0. The number of benzene rings is 1. The number of carbonyl (C=O) groups is 2. The third-order valence-corrected chi connectivity index (χ3v) is 9.55. The maximum Gasteiger partial charge on any atom is 0.313 e. The standard InChI is InChI=1S/C29H38N6O2S/c1-6-18-11-21(14-31-25(18)30)32-26(36)28(37)35-15-17(2)7-9-23(35)19-8-10-24-22(12-19)33-27(38-24)20-13-29(3,4)34(5)16-20/h8,10-12,14,17,20,23H,6-7,9,13,15-16H2,1-5H3,(H2,30,31)(H,32,36)/t17-,20?,23+/m0/s1. The molecule has 4 heterocycles. The highest BCUT2D eigenvalue weighted by Crippen LogP contribution is 2.41. The molecule has 2 saturated heterocycles. The molecule has 2 amide bonds. The van der Waals surface area contributed by atoms with Crippen molar-refractivity contribution in [3.8, 4) is 0 Å². The molecule has 3 N–H and O–H groups in total. The van der Waals surface area contributed by atoms with Gasteiger partial charge in [0.05, 0.1) is 33.2 Å². The number of nitrogens with two attached hydrogens (primary N) is 1. The average Bonchev–Trinajstić information content (AvgIpc) is 3.43. The Balaban J connectivity index is 1.37. The summed E-state index contributed by atoms with van der Waals surface area (Å²) in [5.74, 6) is 0.0230. The number of anilines is 2. The number of pyridine rings is 1. The lowest BCUT2D eigenvalue weighted by molar-refractivity contribution is -0.146. The first kappa shape index (κ1) is 26.6.